The van der Waals surface area contributed by atoms with E-state index in [0.717, 1.165) is 19.4 Å². The lowest BCUT2D eigenvalue weighted by molar-refractivity contribution is 0.328. The molecule has 0 aromatic heterocycles. The fourth-order valence-electron chi connectivity index (χ4n) is 1.68. The molecule has 0 aliphatic heterocycles. The van der Waals surface area contributed by atoms with Crippen molar-refractivity contribution < 1.29 is 4.43 Å². The molecule has 0 aliphatic carbocycles. The third-order valence-corrected chi connectivity index (χ3v) is 8.67. The molecule has 2 heteroatoms. The maximum atomic E-state index is 6.09. The van der Waals surface area contributed by atoms with Crippen LogP contribution in [0.2, 0.25) is 18.1 Å². The molecule has 0 saturated heterocycles. The summed E-state index contributed by atoms with van der Waals surface area (Å²) in [6.07, 6.45) is 10.7. The van der Waals surface area contributed by atoms with Crippen LogP contribution >= 0.6 is 0 Å². The van der Waals surface area contributed by atoms with Gasteiger partial charge >= 0.3 is 0 Å². The summed E-state index contributed by atoms with van der Waals surface area (Å²) in [5, 5.41) is 0.284. The van der Waals surface area contributed by atoms with Gasteiger partial charge in [0.15, 0.2) is 8.32 Å². The Bertz CT molecular complexity index is 452. The van der Waals surface area contributed by atoms with Crippen LogP contribution in [0.4, 0.5) is 0 Å². The molecule has 0 spiro atoms. The van der Waals surface area contributed by atoms with Gasteiger partial charge in [-0.3, -0.25) is 0 Å². The van der Waals surface area contributed by atoms with Gasteiger partial charge in [0.25, 0.3) is 0 Å². The van der Waals surface area contributed by atoms with Crippen molar-refractivity contribution in [2.45, 2.75) is 51.7 Å². The van der Waals surface area contributed by atoms with Crippen molar-refractivity contribution >= 4 is 8.32 Å². The first kappa shape index (κ1) is 17.9. The van der Waals surface area contributed by atoms with Crippen molar-refractivity contribution in [1.29, 1.82) is 0 Å². The fourth-order valence-corrected chi connectivity index (χ4v) is 2.62. The van der Waals surface area contributed by atoms with Crippen LogP contribution in [0.3, 0.4) is 0 Å². The highest BCUT2D eigenvalue weighted by molar-refractivity contribution is 6.74. The van der Waals surface area contributed by atoms with Gasteiger partial charge in [-0.2, -0.15) is 0 Å². The lowest BCUT2D eigenvalue weighted by atomic mass is 10.1. The average Bonchev–Trinajstić information content (AvgIpc) is 2.41. The molecular weight excluding hydrogens is 272 g/mol. The highest BCUT2D eigenvalue weighted by Gasteiger charge is 2.36. The van der Waals surface area contributed by atoms with Crippen LogP contribution in [0.1, 0.15) is 32.8 Å². The monoisotopic (exact) mass is 302 g/mol. The number of hydrogen-bond acceptors (Lipinski definition) is 1. The minimum Gasteiger partial charge on any atom is -0.413 e. The van der Waals surface area contributed by atoms with E-state index in [4.69, 9.17) is 4.43 Å². The maximum Gasteiger partial charge on any atom is 0.192 e. The zero-order valence-corrected chi connectivity index (χ0v) is 15.2. The molecule has 0 amide bonds. The SMILES string of the molecule is CC(C)(C)[Si](C)(C)OC/C=C/C=C/CCc1ccccc1. The second-order valence-electron chi connectivity index (χ2n) is 6.95. The summed E-state index contributed by atoms with van der Waals surface area (Å²) < 4.78 is 6.09. The van der Waals surface area contributed by atoms with Gasteiger partial charge in [-0.25, -0.2) is 0 Å². The molecule has 0 aliphatic rings. The second kappa shape index (κ2) is 8.35. The summed E-state index contributed by atoms with van der Waals surface area (Å²) in [7, 11) is -1.60. The average molecular weight is 303 g/mol. The Morgan fingerprint density at radius 2 is 1.62 bits per heavy atom. The summed E-state index contributed by atoms with van der Waals surface area (Å²) in [5.41, 5.74) is 1.40. The zero-order chi connectivity index (χ0) is 15.8. The Labute approximate surface area is 131 Å². The molecule has 116 valence electrons. The zero-order valence-electron chi connectivity index (χ0n) is 14.2. The molecule has 0 heterocycles. The number of hydrogen-bond donors (Lipinski definition) is 0. The molecule has 0 unspecified atom stereocenters. The van der Waals surface area contributed by atoms with Gasteiger partial charge in [0, 0.05) is 0 Å². The van der Waals surface area contributed by atoms with E-state index in [1.807, 2.05) is 0 Å². The Morgan fingerprint density at radius 3 is 2.24 bits per heavy atom. The quantitative estimate of drug-likeness (QED) is 0.460. The highest BCUT2D eigenvalue weighted by Crippen LogP contribution is 2.36. The standard InChI is InChI=1S/C19H30OSi/c1-19(2,3)21(4,5)20-17-13-8-6-7-10-14-18-15-11-9-12-16-18/h6-9,11-13,15-16H,10,14,17H2,1-5H3/b7-6+,13-8+. The van der Waals surface area contributed by atoms with E-state index >= 15 is 0 Å². The van der Waals surface area contributed by atoms with E-state index < -0.39 is 8.32 Å². The van der Waals surface area contributed by atoms with Gasteiger partial charge in [0.2, 0.25) is 0 Å². The molecule has 1 nitrogen and oxygen atoms in total. The molecule has 0 N–H and O–H groups in total. The first-order valence-electron chi connectivity index (χ1n) is 7.82. The van der Waals surface area contributed by atoms with Crippen LogP contribution in [0.15, 0.2) is 54.6 Å². The molecule has 1 aromatic rings. The van der Waals surface area contributed by atoms with Crippen molar-refractivity contribution in [1.82, 2.24) is 0 Å². The largest absolute Gasteiger partial charge is 0.413 e. The Balaban J connectivity index is 2.22. The normalized spacial score (nSPS) is 13.4. The van der Waals surface area contributed by atoms with Crippen LogP contribution in [0.5, 0.6) is 0 Å². The minimum atomic E-state index is -1.60. The van der Waals surface area contributed by atoms with Crippen molar-refractivity contribution in [2.24, 2.45) is 0 Å². The number of rotatable bonds is 7. The summed E-state index contributed by atoms with van der Waals surface area (Å²) in [6.45, 7) is 12.1. The van der Waals surface area contributed by atoms with Gasteiger partial charge in [-0.05, 0) is 36.5 Å². The smallest absolute Gasteiger partial charge is 0.192 e. The predicted octanol–water partition coefficient (Wildman–Crippen LogP) is 5.75. The topological polar surface area (TPSA) is 9.23 Å². The first-order valence-corrected chi connectivity index (χ1v) is 10.7. The van der Waals surface area contributed by atoms with Gasteiger partial charge in [-0.1, -0.05) is 75.4 Å². The molecular formula is C19H30OSi. The molecule has 21 heavy (non-hydrogen) atoms. The van der Waals surface area contributed by atoms with Crippen LogP contribution in [0, 0.1) is 0 Å². The van der Waals surface area contributed by atoms with E-state index in [1.54, 1.807) is 0 Å². The minimum absolute atomic E-state index is 0.284. The van der Waals surface area contributed by atoms with Crippen molar-refractivity contribution in [3.63, 3.8) is 0 Å². The van der Waals surface area contributed by atoms with Gasteiger partial charge < -0.3 is 4.43 Å². The van der Waals surface area contributed by atoms with E-state index in [0.29, 0.717) is 0 Å². The maximum absolute atomic E-state index is 6.09. The Hall–Kier alpha value is -1.12. The summed E-state index contributed by atoms with van der Waals surface area (Å²) in [4.78, 5) is 0. The lowest BCUT2D eigenvalue weighted by Crippen LogP contribution is -2.40. The van der Waals surface area contributed by atoms with E-state index in [2.05, 4.69) is 88.5 Å². The van der Waals surface area contributed by atoms with E-state index in [1.165, 1.54) is 5.56 Å². The van der Waals surface area contributed by atoms with Crippen molar-refractivity contribution in [3.05, 3.63) is 60.2 Å². The Kier molecular flexibility index (Phi) is 7.13. The van der Waals surface area contributed by atoms with Crippen LogP contribution in [-0.4, -0.2) is 14.9 Å². The van der Waals surface area contributed by atoms with Crippen molar-refractivity contribution in [2.75, 3.05) is 6.61 Å². The Morgan fingerprint density at radius 1 is 1.00 bits per heavy atom. The molecule has 1 aromatic carbocycles. The first-order chi connectivity index (χ1) is 9.83. The molecule has 1 rings (SSSR count). The highest BCUT2D eigenvalue weighted by atomic mass is 28.4. The molecule has 0 atom stereocenters. The molecule has 0 bridgehead atoms. The van der Waals surface area contributed by atoms with E-state index in [-0.39, 0.29) is 5.04 Å². The third kappa shape index (κ3) is 6.92. The summed E-state index contributed by atoms with van der Waals surface area (Å²) in [6, 6.07) is 10.6. The van der Waals surface area contributed by atoms with Crippen LogP contribution in [0.25, 0.3) is 0 Å². The van der Waals surface area contributed by atoms with E-state index in [9.17, 15) is 0 Å². The number of allylic oxidation sites excluding steroid dienone is 3. The number of aryl methyl sites for hydroxylation is 1. The van der Waals surface area contributed by atoms with Gasteiger partial charge in [-0.15, -0.1) is 0 Å². The third-order valence-electron chi connectivity index (χ3n) is 4.17. The van der Waals surface area contributed by atoms with Crippen LogP contribution in [-0.2, 0) is 10.8 Å². The van der Waals surface area contributed by atoms with Crippen LogP contribution < -0.4 is 0 Å². The fraction of sp³-hybridized carbons (Fsp3) is 0.474. The summed E-state index contributed by atoms with van der Waals surface area (Å²) >= 11 is 0. The predicted molar refractivity (Wildman–Crippen MR) is 96.2 cm³/mol. The molecule has 0 radical (unpaired) electrons. The lowest BCUT2D eigenvalue weighted by Gasteiger charge is -2.35. The molecule has 0 saturated carbocycles. The van der Waals surface area contributed by atoms with Gasteiger partial charge in [0.1, 0.15) is 0 Å². The number of benzene rings is 1. The summed E-state index contributed by atoms with van der Waals surface area (Å²) in [5.74, 6) is 0. The van der Waals surface area contributed by atoms with Gasteiger partial charge in [0.05, 0.1) is 6.61 Å². The van der Waals surface area contributed by atoms with Crippen molar-refractivity contribution in [3.8, 4) is 0 Å². The molecule has 0 fully saturated rings. The second-order valence-corrected chi connectivity index (χ2v) is 11.8.